The van der Waals surface area contributed by atoms with Crippen LogP contribution in [0.25, 0.3) is 27.6 Å². The van der Waals surface area contributed by atoms with Crippen LogP contribution in [-0.4, -0.2) is 22.1 Å². The number of ether oxygens (including phenoxy) is 1. The summed E-state index contributed by atoms with van der Waals surface area (Å²) in [4.78, 5) is 30.8. The van der Waals surface area contributed by atoms with Crippen LogP contribution >= 0.6 is 12.0 Å². The van der Waals surface area contributed by atoms with E-state index in [0.717, 1.165) is 47.8 Å². The number of esters is 1. The van der Waals surface area contributed by atoms with E-state index < -0.39 is 0 Å². The Morgan fingerprint density at radius 2 is 1.67 bits per heavy atom. The molecule has 1 fully saturated rings. The molecule has 1 N–H and O–H groups in total. The molecule has 1 aliphatic heterocycles. The number of hydrogen-bond acceptors (Lipinski definition) is 6. The minimum absolute atomic E-state index is 0.144. The molecule has 0 amide bonds. The van der Waals surface area contributed by atoms with Crippen molar-refractivity contribution < 1.29 is 18.8 Å². The third-order valence-electron chi connectivity index (χ3n) is 7.99. The number of aliphatic imine (C=N–C) groups is 1. The number of hydrogen-bond donors (Lipinski definition) is 1. The summed E-state index contributed by atoms with van der Waals surface area (Å²) in [5.74, 6) is 0.844. The number of nitrogens with one attached hydrogen (secondary N) is 1. The van der Waals surface area contributed by atoms with Gasteiger partial charge >= 0.3 is 5.97 Å². The molecule has 1 aromatic heterocycles. The Kier molecular flexibility index (Phi) is 9.34. The molecule has 7 nitrogen and oxygen atoms in total. The van der Waals surface area contributed by atoms with Crippen LogP contribution in [-0.2, 0) is 14.0 Å². The molecule has 220 valence electrons. The average molecular weight is 594 g/mol. The van der Waals surface area contributed by atoms with Crippen molar-refractivity contribution in [1.82, 2.24) is 4.98 Å². The van der Waals surface area contributed by atoms with E-state index in [-0.39, 0.29) is 23.9 Å². The fourth-order valence-electron chi connectivity index (χ4n) is 6.35. The molecule has 3 aromatic rings. The van der Waals surface area contributed by atoms with Gasteiger partial charge in [-0.05, 0) is 54.7 Å². The number of carbonyl (C=O) groups is 1. The summed E-state index contributed by atoms with van der Waals surface area (Å²) in [6.45, 7) is 19.9. The summed E-state index contributed by atoms with van der Waals surface area (Å²) in [6.07, 6.45) is 4.97. The van der Waals surface area contributed by atoms with Crippen LogP contribution in [0, 0.1) is 31.2 Å². The van der Waals surface area contributed by atoms with E-state index in [1.165, 1.54) is 0 Å². The van der Waals surface area contributed by atoms with Crippen molar-refractivity contribution in [3.05, 3.63) is 119 Å². The minimum Gasteiger partial charge on any atom is -0.458 e. The van der Waals surface area contributed by atoms with Gasteiger partial charge in [0, 0.05) is 22.5 Å². The first-order chi connectivity index (χ1) is 20.8. The molecule has 8 heteroatoms. The predicted octanol–water partition coefficient (Wildman–Crippen LogP) is 9.04. The van der Waals surface area contributed by atoms with E-state index in [4.69, 9.17) is 25.5 Å². The van der Waals surface area contributed by atoms with Crippen LogP contribution in [0.1, 0.15) is 60.9 Å². The summed E-state index contributed by atoms with van der Waals surface area (Å²) in [7, 11) is 0. The Balaban J connectivity index is 1.62. The number of aryl methyl sites for hydroxylation is 1. The maximum Gasteiger partial charge on any atom is 0.340 e. The van der Waals surface area contributed by atoms with Gasteiger partial charge in [0.2, 0.25) is 5.70 Å². The lowest BCUT2D eigenvalue weighted by atomic mass is 9.75. The number of benzene rings is 2. The lowest BCUT2D eigenvalue weighted by Crippen LogP contribution is -2.37. The van der Waals surface area contributed by atoms with Crippen molar-refractivity contribution in [2.45, 2.75) is 46.6 Å². The smallest absolute Gasteiger partial charge is 0.340 e. The van der Waals surface area contributed by atoms with Crippen molar-refractivity contribution in [3.8, 4) is 11.1 Å². The third-order valence-corrected chi connectivity index (χ3v) is 8.58. The molecule has 2 heterocycles. The van der Waals surface area contributed by atoms with Gasteiger partial charge < -0.3 is 14.6 Å². The molecule has 2 atom stereocenters. The van der Waals surface area contributed by atoms with Crippen LogP contribution in [0.4, 0.5) is 0 Å². The fraction of sp³-hybridized carbons (Fsp3) is 0.286. The number of carbonyl (C=O) groups excluding carboxylic acids is 1. The molecule has 2 aliphatic rings. The molecular formula is C35H35N3O4S. The Hall–Kier alpha value is -4.32. The number of aromatic amines is 1. The van der Waals surface area contributed by atoms with Crippen LogP contribution < -0.4 is 0 Å². The number of nitrogens with zero attached hydrogens (tertiary/aromatic N) is 2. The zero-order chi connectivity index (χ0) is 30.5. The molecule has 1 aliphatic carbocycles. The van der Waals surface area contributed by atoms with Gasteiger partial charge in [-0.15, -0.1) is 4.33 Å². The van der Waals surface area contributed by atoms with Crippen LogP contribution in [0.5, 0.6) is 0 Å². The van der Waals surface area contributed by atoms with E-state index >= 15 is 0 Å². The number of allylic oxidation sites excluding steroid dienone is 1. The Morgan fingerprint density at radius 3 is 2.28 bits per heavy atom. The van der Waals surface area contributed by atoms with Gasteiger partial charge in [-0.25, -0.2) is 9.64 Å². The Labute approximate surface area is 257 Å². The second-order valence-electron chi connectivity index (χ2n) is 11.2. The molecule has 2 aromatic carbocycles. The lowest BCUT2D eigenvalue weighted by molar-refractivity contribution is -0.127. The summed E-state index contributed by atoms with van der Waals surface area (Å²) in [5, 5.41) is 0.362. The normalized spacial score (nSPS) is 22.7. The van der Waals surface area contributed by atoms with Crippen LogP contribution in [0.3, 0.4) is 0 Å². The molecule has 0 radical (unpaired) electrons. The molecule has 2 unspecified atom stereocenters. The second kappa shape index (κ2) is 13.3. The molecule has 5 rings (SSSR count). The van der Waals surface area contributed by atoms with Crippen molar-refractivity contribution in [2.75, 3.05) is 0 Å². The maximum absolute atomic E-state index is 14.0. The monoisotopic (exact) mass is 593 g/mol. The first-order valence-electron chi connectivity index (χ1n) is 14.4. The van der Waals surface area contributed by atoms with E-state index in [9.17, 15) is 4.79 Å². The molecule has 0 spiro atoms. The summed E-state index contributed by atoms with van der Waals surface area (Å²) < 4.78 is 11.4. The summed E-state index contributed by atoms with van der Waals surface area (Å²) >= 11 is 0.847. The van der Waals surface area contributed by atoms with Gasteiger partial charge in [0.15, 0.2) is 0 Å². The molecular weight excluding hydrogens is 558 g/mol. The third kappa shape index (κ3) is 6.38. The Bertz CT molecular complexity index is 1620. The number of rotatable bonds is 8. The first kappa shape index (κ1) is 30.1. The minimum atomic E-state index is -0.336. The highest BCUT2D eigenvalue weighted by Crippen LogP contribution is 2.42. The van der Waals surface area contributed by atoms with Crippen LogP contribution in [0.15, 0.2) is 89.9 Å². The van der Waals surface area contributed by atoms with Crippen molar-refractivity contribution in [1.29, 1.82) is 0 Å². The Morgan fingerprint density at radius 1 is 1.05 bits per heavy atom. The summed E-state index contributed by atoms with van der Waals surface area (Å²) in [5.41, 5.74) is 5.91. The average Bonchev–Trinajstić information content (AvgIpc) is 3.52. The van der Waals surface area contributed by atoms with Gasteiger partial charge in [-0.1, -0.05) is 88.0 Å². The molecule has 1 saturated carbocycles. The molecule has 43 heavy (non-hydrogen) atoms. The van der Waals surface area contributed by atoms with E-state index in [1.54, 1.807) is 0 Å². The number of H-pyrrole nitrogens is 1. The topological polar surface area (TPSA) is 77.3 Å². The van der Waals surface area contributed by atoms with E-state index in [0.29, 0.717) is 44.9 Å². The standard InChI is InChI=1S/C35H35N3O4S/c1-7-40-42-43-34-32(36-6)31(26-16-12-9-13-17-26)28(38-34)20-27-30(25-14-10-8-11-15-25)29(24(5)37-27)35(39)41-33-22(3)18-21(2)19-23(33)4/h7-17,20-23,33,37H,1,18-19H2,2-5H3. The van der Waals surface area contributed by atoms with Gasteiger partial charge in [0.25, 0.3) is 0 Å². The highest BCUT2D eigenvalue weighted by molar-refractivity contribution is 8.10. The van der Waals surface area contributed by atoms with Gasteiger partial charge in [0.05, 0.1) is 29.9 Å². The van der Waals surface area contributed by atoms with Crippen LogP contribution in [0.2, 0.25) is 0 Å². The zero-order valence-corrected chi connectivity index (χ0v) is 25.6. The summed E-state index contributed by atoms with van der Waals surface area (Å²) in [6, 6.07) is 19.4. The van der Waals surface area contributed by atoms with Gasteiger partial charge in [-0.2, -0.15) is 0 Å². The molecule has 0 bridgehead atoms. The van der Waals surface area contributed by atoms with Crippen molar-refractivity contribution in [2.24, 2.45) is 22.7 Å². The lowest BCUT2D eigenvalue weighted by Gasteiger charge is -2.37. The highest BCUT2D eigenvalue weighted by atomic mass is 32.2. The van der Waals surface area contributed by atoms with Crippen molar-refractivity contribution in [3.63, 3.8) is 0 Å². The van der Waals surface area contributed by atoms with Crippen molar-refractivity contribution >= 4 is 34.7 Å². The van der Waals surface area contributed by atoms with Gasteiger partial charge in [0.1, 0.15) is 17.4 Å². The SMILES string of the molecule is [C-]#[N+]C1=C(c2ccccc2)C(=Cc2[nH]c(C)c(C(=O)OC3C(C)CC(C)CC3C)c2-c2ccccc2)N=C1SOOC=C. The number of aromatic nitrogens is 1. The quantitative estimate of drug-likeness (QED) is 0.0536. The van der Waals surface area contributed by atoms with E-state index in [2.05, 4.69) is 37.2 Å². The molecule has 0 saturated heterocycles. The van der Waals surface area contributed by atoms with E-state index in [1.807, 2.05) is 73.7 Å². The van der Waals surface area contributed by atoms with Gasteiger partial charge in [-0.3, -0.25) is 4.99 Å². The largest absolute Gasteiger partial charge is 0.458 e. The first-order valence-corrected chi connectivity index (χ1v) is 15.1. The second-order valence-corrected chi connectivity index (χ2v) is 11.9. The zero-order valence-electron chi connectivity index (χ0n) is 24.8. The highest BCUT2D eigenvalue weighted by Gasteiger charge is 2.36. The maximum atomic E-state index is 14.0. The predicted molar refractivity (Wildman–Crippen MR) is 172 cm³/mol. The fourth-order valence-corrected chi connectivity index (χ4v) is 6.87.